The Morgan fingerprint density at radius 1 is 1.04 bits per heavy atom. The lowest BCUT2D eigenvalue weighted by atomic mass is 10.0. The molecule has 1 aromatic heterocycles. The monoisotopic (exact) mass is 357 g/mol. The summed E-state index contributed by atoms with van der Waals surface area (Å²) in [6.45, 7) is 0.253. The second kappa shape index (κ2) is 7.59. The number of quaternary nitrogens is 1. The fraction of sp³-hybridized carbons (Fsp3) is 0.211. The van der Waals surface area contributed by atoms with E-state index in [2.05, 4.69) is 16.2 Å². The molecule has 2 aromatic carbocycles. The van der Waals surface area contributed by atoms with Crippen molar-refractivity contribution in [3.63, 3.8) is 0 Å². The van der Waals surface area contributed by atoms with Crippen molar-refractivity contribution in [2.24, 2.45) is 5.16 Å². The lowest BCUT2D eigenvalue weighted by molar-refractivity contribution is -0.862. The van der Waals surface area contributed by atoms with E-state index in [1.165, 1.54) is 6.21 Å². The smallest absolute Gasteiger partial charge is 0.388 e. The zero-order valence-corrected chi connectivity index (χ0v) is 15.2. The molecule has 5 nitrogen and oxygen atoms in total. The lowest BCUT2D eigenvalue weighted by Gasteiger charge is -2.21. The number of rotatable bonds is 4. The van der Waals surface area contributed by atoms with E-state index in [0.717, 1.165) is 21.7 Å². The maximum Gasteiger partial charge on any atom is 0.388 e. The molecular formula is C19H20ClN3O2. The topological polar surface area (TPSA) is 51.5 Å². The molecule has 25 heavy (non-hydrogen) atoms. The van der Waals surface area contributed by atoms with Gasteiger partial charge >= 0.3 is 5.97 Å². The Labute approximate surface area is 152 Å². The van der Waals surface area contributed by atoms with Crippen LogP contribution in [0.2, 0.25) is 0 Å². The van der Waals surface area contributed by atoms with Crippen molar-refractivity contribution in [2.75, 3.05) is 27.7 Å². The molecule has 0 N–H and O–H groups in total. The first kappa shape index (κ1) is 18.8. The largest absolute Gasteiger partial charge is 1.00 e. The zero-order valence-electron chi connectivity index (χ0n) is 14.4. The van der Waals surface area contributed by atoms with Gasteiger partial charge in [0.2, 0.25) is 0 Å². The summed E-state index contributed by atoms with van der Waals surface area (Å²) in [5.74, 6) is -0.371. The third-order valence-electron chi connectivity index (χ3n) is 3.57. The summed E-state index contributed by atoms with van der Waals surface area (Å²) in [7, 11) is 5.76. The van der Waals surface area contributed by atoms with Crippen LogP contribution in [0.1, 0.15) is 5.69 Å². The standard InChI is InChI=1S/C19H20N3O2.ClH/c1-22(2,3)13-19(23)24-20-12-18-16-10-5-4-8-14(16)15-9-6-7-11-17(15)21-18;/h4-12H,13H2,1-3H3;1H/q+1;/p-1/b20-12+;. The first-order chi connectivity index (χ1) is 11.4. The number of aromatic nitrogens is 1. The fourth-order valence-electron chi connectivity index (χ4n) is 2.58. The summed E-state index contributed by atoms with van der Waals surface area (Å²) < 4.78 is 0.492. The average Bonchev–Trinajstić information content (AvgIpc) is 2.53. The van der Waals surface area contributed by atoms with Crippen molar-refractivity contribution in [1.29, 1.82) is 0 Å². The number of likely N-dealkylation sites (N-methyl/N-ethyl adjacent to an activating group) is 1. The van der Waals surface area contributed by atoms with Crippen molar-refractivity contribution in [3.05, 3.63) is 54.2 Å². The molecule has 0 radical (unpaired) electrons. The van der Waals surface area contributed by atoms with E-state index in [-0.39, 0.29) is 24.9 Å². The normalized spacial score (nSPS) is 11.6. The quantitative estimate of drug-likeness (QED) is 0.217. The molecule has 0 amide bonds. The number of carbonyl (C=O) groups excluding carboxylic acids is 1. The molecule has 0 spiro atoms. The van der Waals surface area contributed by atoms with Gasteiger partial charge in [-0.15, -0.1) is 0 Å². The van der Waals surface area contributed by atoms with Crippen LogP contribution in [0.25, 0.3) is 21.7 Å². The predicted molar refractivity (Wildman–Crippen MR) is 95.8 cm³/mol. The van der Waals surface area contributed by atoms with E-state index in [4.69, 9.17) is 4.84 Å². The second-order valence-electron chi connectivity index (χ2n) is 6.71. The van der Waals surface area contributed by atoms with Gasteiger partial charge in [0, 0.05) is 10.8 Å². The van der Waals surface area contributed by atoms with Gasteiger partial charge in [-0.05, 0) is 11.5 Å². The third kappa shape index (κ3) is 4.53. The summed E-state index contributed by atoms with van der Waals surface area (Å²) in [6, 6.07) is 16.0. The maximum absolute atomic E-state index is 11.8. The van der Waals surface area contributed by atoms with Gasteiger partial charge in [0.15, 0.2) is 6.54 Å². The van der Waals surface area contributed by atoms with E-state index in [0.29, 0.717) is 10.2 Å². The molecule has 0 bridgehead atoms. The molecular weight excluding hydrogens is 338 g/mol. The van der Waals surface area contributed by atoms with Crippen molar-refractivity contribution < 1.29 is 26.5 Å². The molecule has 0 saturated heterocycles. The number of halogens is 1. The number of pyridine rings is 1. The summed E-state index contributed by atoms with van der Waals surface area (Å²) in [5.41, 5.74) is 1.57. The van der Waals surface area contributed by atoms with Gasteiger partial charge in [-0.3, -0.25) is 0 Å². The molecule has 3 rings (SSSR count). The average molecular weight is 358 g/mol. The Hall–Kier alpha value is -2.50. The van der Waals surface area contributed by atoms with Gasteiger partial charge < -0.3 is 21.7 Å². The summed E-state index contributed by atoms with van der Waals surface area (Å²) in [5, 5.41) is 7.00. The molecule has 0 atom stereocenters. The maximum atomic E-state index is 11.8. The number of hydrogen-bond acceptors (Lipinski definition) is 4. The molecule has 3 aromatic rings. The van der Waals surface area contributed by atoms with Crippen LogP contribution in [0.4, 0.5) is 0 Å². The van der Waals surface area contributed by atoms with Crippen LogP contribution in [-0.4, -0.2) is 49.3 Å². The van der Waals surface area contributed by atoms with Gasteiger partial charge in [0.05, 0.1) is 38.6 Å². The van der Waals surface area contributed by atoms with E-state index >= 15 is 0 Å². The Morgan fingerprint density at radius 2 is 1.64 bits per heavy atom. The minimum Gasteiger partial charge on any atom is -1.00 e. The molecule has 0 fully saturated rings. The van der Waals surface area contributed by atoms with E-state index in [9.17, 15) is 4.79 Å². The Bertz CT molecular complexity index is 933. The Balaban J connectivity index is 0.00000225. The molecule has 1 heterocycles. The van der Waals surface area contributed by atoms with Crippen LogP contribution < -0.4 is 12.4 Å². The van der Waals surface area contributed by atoms with Crippen molar-refractivity contribution >= 4 is 33.9 Å². The number of hydrogen-bond donors (Lipinski definition) is 0. The SMILES string of the molecule is C[N+](C)(C)CC(=O)O/N=C/c1nc2ccccc2c2ccccc12.[Cl-]. The number of para-hydroxylation sites is 1. The minimum absolute atomic E-state index is 0. The zero-order chi connectivity index (χ0) is 17.2. The Morgan fingerprint density at radius 3 is 2.32 bits per heavy atom. The summed E-state index contributed by atoms with van der Waals surface area (Å²) in [6.07, 6.45) is 1.50. The third-order valence-corrected chi connectivity index (χ3v) is 3.57. The highest BCUT2D eigenvalue weighted by Crippen LogP contribution is 2.25. The highest BCUT2D eigenvalue weighted by atomic mass is 35.5. The van der Waals surface area contributed by atoms with E-state index in [1.54, 1.807) is 0 Å². The van der Waals surface area contributed by atoms with Crippen LogP contribution >= 0.6 is 0 Å². The second-order valence-corrected chi connectivity index (χ2v) is 6.71. The van der Waals surface area contributed by atoms with Crippen LogP contribution in [0, 0.1) is 0 Å². The van der Waals surface area contributed by atoms with Crippen molar-refractivity contribution in [3.8, 4) is 0 Å². The fourth-order valence-corrected chi connectivity index (χ4v) is 2.58. The van der Waals surface area contributed by atoms with Gasteiger partial charge in [0.25, 0.3) is 0 Å². The predicted octanol–water partition coefficient (Wildman–Crippen LogP) is -0.0247. The van der Waals surface area contributed by atoms with Gasteiger partial charge in [0.1, 0.15) is 0 Å². The van der Waals surface area contributed by atoms with E-state index in [1.807, 2.05) is 63.6 Å². The molecule has 0 aliphatic carbocycles. The van der Waals surface area contributed by atoms with Gasteiger partial charge in [-0.2, -0.15) is 0 Å². The molecule has 130 valence electrons. The van der Waals surface area contributed by atoms with Crippen LogP contribution in [0.5, 0.6) is 0 Å². The number of oxime groups is 1. The molecule has 0 aliphatic rings. The minimum atomic E-state index is -0.371. The Kier molecular flexibility index (Phi) is 5.72. The number of fused-ring (bicyclic) bond motifs is 3. The molecule has 6 heteroatoms. The number of benzene rings is 2. The summed E-state index contributed by atoms with van der Waals surface area (Å²) in [4.78, 5) is 21.3. The lowest BCUT2D eigenvalue weighted by Crippen LogP contribution is -3.00. The van der Waals surface area contributed by atoms with Crippen LogP contribution in [0.15, 0.2) is 53.7 Å². The molecule has 0 aliphatic heterocycles. The highest BCUT2D eigenvalue weighted by Gasteiger charge is 2.15. The van der Waals surface area contributed by atoms with Gasteiger partial charge in [-0.25, -0.2) is 9.78 Å². The molecule has 0 saturated carbocycles. The summed E-state index contributed by atoms with van der Waals surface area (Å²) >= 11 is 0. The van der Waals surface area contributed by atoms with Crippen LogP contribution in [-0.2, 0) is 9.63 Å². The van der Waals surface area contributed by atoms with Crippen molar-refractivity contribution in [1.82, 2.24) is 4.98 Å². The number of carbonyl (C=O) groups is 1. The highest BCUT2D eigenvalue weighted by molar-refractivity contribution is 6.11. The van der Waals surface area contributed by atoms with E-state index < -0.39 is 0 Å². The van der Waals surface area contributed by atoms with Gasteiger partial charge in [-0.1, -0.05) is 47.6 Å². The number of nitrogens with zero attached hydrogens (tertiary/aromatic N) is 3. The molecule has 0 unspecified atom stereocenters. The first-order valence-corrected chi connectivity index (χ1v) is 7.75. The van der Waals surface area contributed by atoms with Crippen molar-refractivity contribution in [2.45, 2.75) is 0 Å². The van der Waals surface area contributed by atoms with Crippen LogP contribution in [0.3, 0.4) is 0 Å². The first-order valence-electron chi connectivity index (χ1n) is 7.75.